The lowest BCUT2D eigenvalue weighted by Crippen LogP contribution is -2.48. The summed E-state index contributed by atoms with van der Waals surface area (Å²) in [5.41, 5.74) is 0.797. The van der Waals surface area contributed by atoms with Crippen LogP contribution in [0.1, 0.15) is 37.3 Å². The topological polar surface area (TPSA) is 70.7 Å². The number of nitrogens with zero attached hydrogens (tertiary/aromatic N) is 1. The third-order valence-electron chi connectivity index (χ3n) is 5.12. The molecule has 0 spiro atoms. The van der Waals surface area contributed by atoms with E-state index in [0.717, 1.165) is 31.5 Å². The molecule has 0 unspecified atom stereocenters. The second-order valence-electron chi connectivity index (χ2n) is 6.84. The fourth-order valence-corrected chi connectivity index (χ4v) is 3.56. The van der Waals surface area contributed by atoms with Gasteiger partial charge in [0, 0.05) is 25.7 Å². The highest BCUT2D eigenvalue weighted by Gasteiger charge is 2.40. The maximum Gasteiger partial charge on any atom is 0.241 e. The Kier molecular flexibility index (Phi) is 5.58. The molecule has 2 atom stereocenters. The normalized spacial score (nSPS) is 21.6. The molecule has 25 heavy (non-hydrogen) atoms. The van der Waals surface area contributed by atoms with Crippen molar-refractivity contribution in [3.63, 3.8) is 0 Å². The van der Waals surface area contributed by atoms with Gasteiger partial charge in [-0.2, -0.15) is 0 Å². The molecule has 136 valence electrons. The highest BCUT2D eigenvalue weighted by molar-refractivity contribution is 5.87. The first kappa shape index (κ1) is 17.7. The van der Waals surface area contributed by atoms with E-state index in [1.54, 1.807) is 14.2 Å². The van der Waals surface area contributed by atoms with Crippen LogP contribution in [-0.2, 0) is 9.59 Å². The summed E-state index contributed by atoms with van der Waals surface area (Å²) in [5.74, 6) is 1.22. The molecule has 1 aliphatic heterocycles. The molecular formula is C19H27N3O3. The summed E-state index contributed by atoms with van der Waals surface area (Å²) in [6, 6.07) is 6.73. The Bertz CT molecular complexity index is 630. The number of likely N-dealkylation sites (N-methyl/N-ethyl adjacent to an activating group) is 1. The van der Waals surface area contributed by atoms with Gasteiger partial charge in [0.15, 0.2) is 0 Å². The van der Waals surface area contributed by atoms with E-state index >= 15 is 0 Å². The molecule has 1 aromatic carbocycles. The van der Waals surface area contributed by atoms with Crippen LogP contribution in [0.15, 0.2) is 24.3 Å². The van der Waals surface area contributed by atoms with E-state index in [1.807, 2.05) is 29.2 Å². The Labute approximate surface area is 148 Å². The van der Waals surface area contributed by atoms with Gasteiger partial charge in [-0.15, -0.1) is 0 Å². The third-order valence-corrected chi connectivity index (χ3v) is 5.12. The Balaban J connectivity index is 1.83. The summed E-state index contributed by atoms with van der Waals surface area (Å²) in [5, 5.41) is 5.81. The van der Waals surface area contributed by atoms with Crippen LogP contribution in [-0.4, -0.2) is 50.0 Å². The Morgan fingerprint density at radius 3 is 2.72 bits per heavy atom. The van der Waals surface area contributed by atoms with Gasteiger partial charge in [0.05, 0.1) is 13.2 Å². The highest BCUT2D eigenvalue weighted by Crippen LogP contribution is 2.35. The number of carbonyl (C=O) groups excluding carboxylic acids is 2. The SMILES string of the molecule is CNC(=O)[C@@H](c1ccccc1OC)N1CCC[C@H]1C(=O)NCC1CC1. The number of carbonyl (C=O) groups is 2. The van der Waals surface area contributed by atoms with Crippen LogP contribution in [0.2, 0.25) is 0 Å². The maximum absolute atomic E-state index is 12.7. The van der Waals surface area contributed by atoms with Gasteiger partial charge >= 0.3 is 0 Å². The summed E-state index contributed by atoms with van der Waals surface area (Å²) in [4.78, 5) is 27.4. The van der Waals surface area contributed by atoms with Gasteiger partial charge in [0.25, 0.3) is 0 Å². The van der Waals surface area contributed by atoms with Crippen LogP contribution >= 0.6 is 0 Å². The minimum absolute atomic E-state index is 0.0354. The van der Waals surface area contributed by atoms with Crippen molar-refractivity contribution >= 4 is 11.8 Å². The minimum Gasteiger partial charge on any atom is -0.496 e. The first-order valence-electron chi connectivity index (χ1n) is 9.03. The maximum atomic E-state index is 12.7. The second-order valence-corrected chi connectivity index (χ2v) is 6.84. The molecule has 1 saturated carbocycles. The van der Waals surface area contributed by atoms with Crippen molar-refractivity contribution in [1.82, 2.24) is 15.5 Å². The zero-order valence-electron chi connectivity index (χ0n) is 15.0. The van der Waals surface area contributed by atoms with Crippen LogP contribution in [0.4, 0.5) is 0 Å². The number of methoxy groups -OCH3 is 1. The predicted molar refractivity (Wildman–Crippen MR) is 95.3 cm³/mol. The molecule has 0 aromatic heterocycles. The van der Waals surface area contributed by atoms with Gasteiger partial charge in [-0.1, -0.05) is 18.2 Å². The van der Waals surface area contributed by atoms with Crippen LogP contribution in [0.3, 0.4) is 0 Å². The number of rotatable bonds is 7. The number of hydrogen-bond donors (Lipinski definition) is 2. The van der Waals surface area contributed by atoms with Crippen molar-refractivity contribution in [2.45, 2.75) is 37.8 Å². The highest BCUT2D eigenvalue weighted by atomic mass is 16.5. The summed E-state index contributed by atoms with van der Waals surface area (Å²) in [6.07, 6.45) is 4.09. The molecule has 2 amide bonds. The fourth-order valence-electron chi connectivity index (χ4n) is 3.56. The zero-order chi connectivity index (χ0) is 17.8. The number of ether oxygens (including phenoxy) is 1. The quantitative estimate of drug-likeness (QED) is 0.785. The van der Waals surface area contributed by atoms with Crippen molar-refractivity contribution in [1.29, 1.82) is 0 Å². The van der Waals surface area contributed by atoms with E-state index < -0.39 is 6.04 Å². The predicted octanol–water partition coefficient (Wildman–Crippen LogP) is 1.47. The first-order valence-corrected chi connectivity index (χ1v) is 9.03. The fraction of sp³-hybridized carbons (Fsp3) is 0.579. The molecule has 6 heteroatoms. The summed E-state index contributed by atoms with van der Waals surface area (Å²) >= 11 is 0. The third kappa shape index (κ3) is 3.95. The van der Waals surface area contributed by atoms with Crippen molar-refractivity contribution < 1.29 is 14.3 Å². The molecule has 3 rings (SSSR count). The molecule has 0 radical (unpaired) electrons. The minimum atomic E-state index is -0.527. The van der Waals surface area contributed by atoms with Crippen LogP contribution in [0.5, 0.6) is 5.75 Å². The lowest BCUT2D eigenvalue weighted by atomic mass is 10.0. The number of nitrogens with one attached hydrogen (secondary N) is 2. The molecule has 2 N–H and O–H groups in total. The number of para-hydroxylation sites is 1. The average molecular weight is 345 g/mol. The largest absolute Gasteiger partial charge is 0.496 e. The van der Waals surface area contributed by atoms with E-state index in [-0.39, 0.29) is 17.9 Å². The molecule has 0 bridgehead atoms. The van der Waals surface area contributed by atoms with Crippen molar-refractivity contribution in [3.8, 4) is 5.75 Å². The molecule has 2 fully saturated rings. The van der Waals surface area contributed by atoms with Crippen LogP contribution in [0, 0.1) is 5.92 Å². The number of benzene rings is 1. The number of hydrogen-bond acceptors (Lipinski definition) is 4. The number of likely N-dealkylation sites (tertiary alicyclic amines) is 1. The van der Waals surface area contributed by atoms with Crippen LogP contribution in [0.25, 0.3) is 0 Å². The smallest absolute Gasteiger partial charge is 0.241 e. The van der Waals surface area contributed by atoms with Gasteiger partial charge in [-0.25, -0.2) is 0 Å². The molecule has 1 aliphatic carbocycles. The van der Waals surface area contributed by atoms with E-state index in [0.29, 0.717) is 11.7 Å². The lowest BCUT2D eigenvalue weighted by molar-refractivity contribution is -0.131. The monoisotopic (exact) mass is 345 g/mol. The first-order chi connectivity index (χ1) is 12.2. The standard InChI is InChI=1S/C19H27N3O3/c1-20-19(24)17(14-6-3-4-8-16(14)25-2)22-11-5-7-15(22)18(23)21-12-13-9-10-13/h3-4,6,8,13,15,17H,5,7,9-12H2,1-2H3,(H,20,24)(H,21,23)/t15-,17+/m0/s1. The van der Waals surface area contributed by atoms with Gasteiger partial charge in [0.1, 0.15) is 11.8 Å². The van der Waals surface area contributed by atoms with E-state index in [9.17, 15) is 9.59 Å². The Morgan fingerprint density at radius 1 is 1.28 bits per heavy atom. The Hall–Kier alpha value is -2.08. The molecule has 1 heterocycles. The molecular weight excluding hydrogens is 318 g/mol. The van der Waals surface area contributed by atoms with E-state index in [4.69, 9.17) is 4.74 Å². The summed E-state index contributed by atoms with van der Waals surface area (Å²) in [7, 11) is 3.23. The van der Waals surface area contributed by atoms with Gasteiger partial charge in [-0.05, 0) is 37.7 Å². The van der Waals surface area contributed by atoms with Gasteiger partial charge in [-0.3, -0.25) is 14.5 Å². The molecule has 6 nitrogen and oxygen atoms in total. The molecule has 2 aliphatic rings. The summed E-state index contributed by atoms with van der Waals surface area (Å²) in [6.45, 7) is 1.47. The van der Waals surface area contributed by atoms with Crippen molar-refractivity contribution in [2.24, 2.45) is 5.92 Å². The van der Waals surface area contributed by atoms with Gasteiger partial charge in [0.2, 0.25) is 11.8 Å². The van der Waals surface area contributed by atoms with Crippen LogP contribution < -0.4 is 15.4 Å². The van der Waals surface area contributed by atoms with Gasteiger partial charge < -0.3 is 15.4 Å². The van der Waals surface area contributed by atoms with Crippen molar-refractivity contribution in [3.05, 3.63) is 29.8 Å². The molecule has 1 saturated heterocycles. The summed E-state index contributed by atoms with van der Waals surface area (Å²) < 4.78 is 5.46. The van der Waals surface area contributed by atoms with E-state index in [1.165, 1.54) is 12.8 Å². The number of amides is 2. The van der Waals surface area contributed by atoms with Crippen molar-refractivity contribution in [2.75, 3.05) is 27.2 Å². The lowest BCUT2D eigenvalue weighted by Gasteiger charge is -2.32. The Morgan fingerprint density at radius 2 is 2.04 bits per heavy atom. The zero-order valence-corrected chi connectivity index (χ0v) is 15.0. The second kappa shape index (κ2) is 7.87. The molecule has 1 aromatic rings. The van der Waals surface area contributed by atoms with E-state index in [2.05, 4.69) is 10.6 Å². The average Bonchev–Trinajstić information content (AvgIpc) is 3.36.